The molecule has 170 valence electrons. The van der Waals surface area contributed by atoms with E-state index in [2.05, 4.69) is 10.6 Å². The van der Waals surface area contributed by atoms with Gasteiger partial charge >= 0.3 is 0 Å². The number of rotatable bonds is 7. The van der Waals surface area contributed by atoms with Crippen LogP contribution in [0.5, 0.6) is 5.75 Å². The van der Waals surface area contributed by atoms with Crippen LogP contribution >= 0.6 is 0 Å². The van der Waals surface area contributed by atoms with Crippen molar-refractivity contribution < 1.29 is 19.1 Å². The molecule has 1 heterocycles. The van der Waals surface area contributed by atoms with Gasteiger partial charge in [-0.2, -0.15) is 0 Å². The Labute approximate surface area is 189 Å². The molecule has 2 N–H and O–H groups in total. The fourth-order valence-electron chi connectivity index (χ4n) is 3.98. The molecule has 1 aliphatic rings. The molecular weight excluding hydrogens is 406 g/mol. The van der Waals surface area contributed by atoms with Crippen molar-refractivity contribution in [3.63, 3.8) is 0 Å². The van der Waals surface area contributed by atoms with E-state index < -0.39 is 6.04 Å². The zero-order valence-corrected chi connectivity index (χ0v) is 18.9. The van der Waals surface area contributed by atoms with Crippen LogP contribution in [-0.4, -0.2) is 54.9 Å². The number of nitrogens with zero attached hydrogens (tertiary/aromatic N) is 1. The Morgan fingerprint density at radius 3 is 2.47 bits per heavy atom. The zero-order chi connectivity index (χ0) is 23.1. The van der Waals surface area contributed by atoms with Crippen LogP contribution in [0, 0.1) is 6.92 Å². The summed E-state index contributed by atoms with van der Waals surface area (Å²) in [4.78, 5) is 39.2. The molecule has 0 aromatic heterocycles. The fourth-order valence-corrected chi connectivity index (χ4v) is 3.98. The fraction of sp³-hybridized carbons (Fsp3) is 0.400. The number of amides is 3. The Kier molecular flexibility index (Phi) is 7.87. The molecule has 0 saturated carbocycles. The minimum absolute atomic E-state index is 0.0209. The number of benzene rings is 2. The second-order valence-electron chi connectivity index (χ2n) is 8.25. The molecule has 7 nitrogen and oxygen atoms in total. The molecule has 1 fully saturated rings. The lowest BCUT2D eigenvalue weighted by molar-refractivity contribution is -0.128. The predicted octanol–water partition coefficient (Wildman–Crippen LogP) is 2.47. The lowest BCUT2D eigenvalue weighted by Gasteiger charge is -2.33. The topological polar surface area (TPSA) is 87.7 Å². The highest BCUT2D eigenvalue weighted by atomic mass is 16.5. The van der Waals surface area contributed by atoms with Gasteiger partial charge in [-0.15, -0.1) is 0 Å². The van der Waals surface area contributed by atoms with E-state index in [1.807, 2.05) is 60.4 Å². The number of nitrogens with one attached hydrogen (secondary N) is 2. The van der Waals surface area contributed by atoms with E-state index in [0.29, 0.717) is 43.7 Å². The summed E-state index contributed by atoms with van der Waals surface area (Å²) in [5.41, 5.74) is 2.64. The van der Waals surface area contributed by atoms with Crippen LogP contribution in [0.3, 0.4) is 0 Å². The molecule has 2 aromatic carbocycles. The third kappa shape index (κ3) is 6.33. The molecule has 1 atom stereocenters. The van der Waals surface area contributed by atoms with Gasteiger partial charge in [-0.05, 0) is 49.6 Å². The molecule has 7 heteroatoms. The molecule has 1 unspecified atom stereocenters. The number of carbonyl (C=O) groups is 3. The normalized spacial score (nSPS) is 15.0. The van der Waals surface area contributed by atoms with Gasteiger partial charge in [0, 0.05) is 38.0 Å². The van der Waals surface area contributed by atoms with E-state index >= 15 is 0 Å². The smallest absolute Gasteiger partial charge is 0.253 e. The number of hydrogen-bond acceptors (Lipinski definition) is 4. The molecule has 3 amide bonds. The number of carbonyl (C=O) groups excluding carboxylic acids is 3. The Bertz CT molecular complexity index is 967. The van der Waals surface area contributed by atoms with Crippen LogP contribution < -0.4 is 15.4 Å². The number of ether oxygens (including phenoxy) is 1. The molecular formula is C25H31N3O4. The maximum Gasteiger partial charge on any atom is 0.253 e. The van der Waals surface area contributed by atoms with Gasteiger partial charge in [-0.3, -0.25) is 14.4 Å². The second kappa shape index (κ2) is 10.8. The third-order valence-corrected chi connectivity index (χ3v) is 5.66. The number of likely N-dealkylation sites (tertiary alicyclic amines) is 1. The van der Waals surface area contributed by atoms with Crippen molar-refractivity contribution in [1.29, 1.82) is 0 Å². The first-order valence-electron chi connectivity index (χ1n) is 10.9. The van der Waals surface area contributed by atoms with E-state index in [1.54, 1.807) is 7.11 Å². The van der Waals surface area contributed by atoms with Gasteiger partial charge in [0.1, 0.15) is 11.8 Å². The van der Waals surface area contributed by atoms with Gasteiger partial charge in [0.2, 0.25) is 11.8 Å². The first-order chi connectivity index (χ1) is 15.4. The lowest BCUT2D eigenvalue weighted by Crippen LogP contribution is -2.53. The number of methoxy groups -OCH3 is 1. The van der Waals surface area contributed by atoms with Crippen LogP contribution in [-0.2, 0) is 16.0 Å². The summed E-state index contributed by atoms with van der Waals surface area (Å²) in [6.45, 7) is 4.54. The van der Waals surface area contributed by atoms with Gasteiger partial charge in [0.05, 0.1) is 7.11 Å². The third-order valence-electron chi connectivity index (χ3n) is 5.66. The van der Waals surface area contributed by atoms with Crippen molar-refractivity contribution >= 4 is 17.7 Å². The molecule has 1 aliphatic heterocycles. The summed E-state index contributed by atoms with van der Waals surface area (Å²) in [5, 5.41) is 5.81. The first-order valence-corrected chi connectivity index (χ1v) is 10.9. The minimum atomic E-state index is -0.674. The van der Waals surface area contributed by atoms with Gasteiger partial charge in [0.15, 0.2) is 0 Å². The van der Waals surface area contributed by atoms with E-state index in [1.165, 1.54) is 6.92 Å². The van der Waals surface area contributed by atoms with E-state index in [9.17, 15) is 14.4 Å². The molecule has 0 spiro atoms. The highest BCUT2D eigenvalue weighted by molar-refractivity contribution is 5.94. The average Bonchev–Trinajstić information content (AvgIpc) is 2.78. The summed E-state index contributed by atoms with van der Waals surface area (Å²) >= 11 is 0. The second-order valence-corrected chi connectivity index (χ2v) is 8.25. The van der Waals surface area contributed by atoms with Crippen LogP contribution in [0.2, 0.25) is 0 Å². The highest BCUT2D eigenvalue weighted by Gasteiger charge is 2.27. The summed E-state index contributed by atoms with van der Waals surface area (Å²) in [6.07, 6.45) is 1.72. The average molecular weight is 438 g/mol. The van der Waals surface area contributed by atoms with Gasteiger partial charge in [-0.1, -0.05) is 29.8 Å². The summed E-state index contributed by atoms with van der Waals surface area (Å²) in [6, 6.07) is 14.3. The molecule has 1 saturated heterocycles. The Balaban J connectivity index is 1.57. The van der Waals surface area contributed by atoms with Gasteiger partial charge in [-0.25, -0.2) is 0 Å². The molecule has 32 heavy (non-hydrogen) atoms. The van der Waals surface area contributed by atoms with Crippen molar-refractivity contribution in [2.45, 2.75) is 45.2 Å². The van der Waals surface area contributed by atoms with Crippen molar-refractivity contribution in [3.05, 3.63) is 65.2 Å². The quantitative estimate of drug-likeness (QED) is 0.697. The Hall–Kier alpha value is -3.35. The molecule has 0 bridgehead atoms. The predicted molar refractivity (Wildman–Crippen MR) is 123 cm³/mol. The van der Waals surface area contributed by atoms with E-state index in [0.717, 1.165) is 11.1 Å². The lowest BCUT2D eigenvalue weighted by atomic mass is 10.0. The first kappa shape index (κ1) is 23.3. The van der Waals surface area contributed by atoms with Crippen molar-refractivity contribution in [2.75, 3.05) is 20.2 Å². The summed E-state index contributed by atoms with van der Waals surface area (Å²) < 4.78 is 5.25. The van der Waals surface area contributed by atoms with E-state index in [-0.39, 0.29) is 23.8 Å². The van der Waals surface area contributed by atoms with Crippen LogP contribution in [0.1, 0.15) is 41.3 Å². The maximum absolute atomic E-state index is 12.9. The number of hydrogen-bond donors (Lipinski definition) is 2. The van der Waals surface area contributed by atoms with E-state index in [4.69, 9.17) is 4.74 Å². The van der Waals surface area contributed by atoms with Gasteiger partial charge in [0.25, 0.3) is 5.91 Å². The molecule has 2 aromatic rings. The Morgan fingerprint density at radius 2 is 1.81 bits per heavy atom. The standard InChI is InChI=1S/C25H31N3O4/c1-17-6-4-8-20(14-17)25(31)28-12-10-21(11-13-28)27-24(30)23(26-18(2)29)16-19-7-5-9-22(15-19)32-3/h4-9,14-15,21,23H,10-13,16H2,1-3H3,(H,26,29)(H,27,30). The summed E-state index contributed by atoms with van der Waals surface area (Å²) in [7, 11) is 1.59. The Morgan fingerprint density at radius 1 is 1.09 bits per heavy atom. The van der Waals surface area contributed by atoms with Crippen molar-refractivity contribution in [1.82, 2.24) is 15.5 Å². The van der Waals surface area contributed by atoms with Crippen molar-refractivity contribution in [3.8, 4) is 5.75 Å². The van der Waals surface area contributed by atoms with Crippen LogP contribution in [0.25, 0.3) is 0 Å². The summed E-state index contributed by atoms with van der Waals surface area (Å²) in [5.74, 6) is 0.251. The largest absolute Gasteiger partial charge is 0.497 e. The maximum atomic E-state index is 12.9. The SMILES string of the molecule is COc1cccc(CC(NC(C)=O)C(=O)NC2CCN(C(=O)c3cccc(C)c3)CC2)c1. The molecule has 0 aliphatic carbocycles. The highest BCUT2D eigenvalue weighted by Crippen LogP contribution is 2.17. The molecule has 3 rings (SSSR count). The zero-order valence-electron chi connectivity index (χ0n) is 18.9. The number of piperidine rings is 1. The van der Waals surface area contributed by atoms with Crippen molar-refractivity contribution in [2.24, 2.45) is 0 Å². The molecule has 0 radical (unpaired) electrons. The van der Waals surface area contributed by atoms with Crippen LogP contribution in [0.4, 0.5) is 0 Å². The van der Waals surface area contributed by atoms with Crippen LogP contribution in [0.15, 0.2) is 48.5 Å². The van der Waals surface area contributed by atoms with Gasteiger partial charge < -0.3 is 20.3 Å². The monoisotopic (exact) mass is 437 g/mol. The minimum Gasteiger partial charge on any atom is -0.497 e. The number of aryl methyl sites for hydroxylation is 1.